The number of amides is 1. The van der Waals surface area contributed by atoms with Gasteiger partial charge in [0.15, 0.2) is 0 Å². The van der Waals surface area contributed by atoms with Gasteiger partial charge in [-0.2, -0.15) is 4.98 Å². The van der Waals surface area contributed by atoms with E-state index in [9.17, 15) is 4.79 Å². The van der Waals surface area contributed by atoms with Gasteiger partial charge in [-0.05, 0) is 56.5 Å². The molecule has 1 atom stereocenters. The number of nitrogens with one attached hydrogen (secondary N) is 1. The van der Waals surface area contributed by atoms with E-state index in [4.69, 9.17) is 16.1 Å². The van der Waals surface area contributed by atoms with Gasteiger partial charge in [-0.1, -0.05) is 42.4 Å². The fourth-order valence-corrected chi connectivity index (χ4v) is 4.51. The molecule has 2 aromatic rings. The zero-order valence-electron chi connectivity index (χ0n) is 16.8. The summed E-state index contributed by atoms with van der Waals surface area (Å²) in [6.07, 6.45) is 9.27. The Bertz CT molecular complexity index is 799. The third-order valence-corrected chi connectivity index (χ3v) is 6.26. The van der Waals surface area contributed by atoms with Gasteiger partial charge in [0.25, 0.3) is 0 Å². The maximum Gasteiger partial charge on any atom is 0.241 e. The van der Waals surface area contributed by atoms with Gasteiger partial charge in [-0.3, -0.25) is 9.69 Å². The van der Waals surface area contributed by atoms with Gasteiger partial charge in [0.05, 0.1) is 12.5 Å². The van der Waals surface area contributed by atoms with Crippen molar-refractivity contribution in [3.05, 3.63) is 35.2 Å². The lowest BCUT2D eigenvalue weighted by molar-refractivity contribution is -0.127. The van der Waals surface area contributed by atoms with Crippen molar-refractivity contribution in [3.63, 3.8) is 0 Å². The summed E-state index contributed by atoms with van der Waals surface area (Å²) in [6.45, 7) is 2.27. The molecule has 2 fully saturated rings. The van der Waals surface area contributed by atoms with Crippen molar-refractivity contribution in [1.29, 1.82) is 0 Å². The zero-order valence-corrected chi connectivity index (χ0v) is 17.5. The van der Waals surface area contributed by atoms with Gasteiger partial charge < -0.3 is 9.84 Å². The second-order valence-corrected chi connectivity index (χ2v) is 8.73. The Morgan fingerprint density at radius 3 is 2.62 bits per heavy atom. The van der Waals surface area contributed by atoms with Crippen LogP contribution in [-0.2, 0) is 11.3 Å². The van der Waals surface area contributed by atoms with Crippen LogP contribution in [0.4, 0.5) is 0 Å². The van der Waals surface area contributed by atoms with E-state index in [-0.39, 0.29) is 11.8 Å². The van der Waals surface area contributed by atoms with Crippen LogP contribution >= 0.6 is 11.6 Å². The van der Waals surface area contributed by atoms with Gasteiger partial charge in [-0.25, -0.2) is 0 Å². The molecule has 29 heavy (non-hydrogen) atoms. The van der Waals surface area contributed by atoms with E-state index in [2.05, 4.69) is 20.4 Å². The Hall–Kier alpha value is -1.92. The largest absolute Gasteiger partial charge is 0.353 e. The van der Waals surface area contributed by atoms with E-state index >= 15 is 0 Å². The molecule has 1 unspecified atom stereocenters. The van der Waals surface area contributed by atoms with Gasteiger partial charge >= 0.3 is 0 Å². The number of hydrogen-bond acceptors (Lipinski definition) is 5. The molecule has 6 nitrogen and oxygen atoms in total. The van der Waals surface area contributed by atoms with E-state index in [1.165, 1.54) is 25.7 Å². The number of piperidine rings is 1. The minimum Gasteiger partial charge on any atom is -0.353 e. The molecule has 1 N–H and O–H groups in total. The van der Waals surface area contributed by atoms with Gasteiger partial charge in [-0.15, -0.1) is 0 Å². The minimum atomic E-state index is 0.0469. The van der Waals surface area contributed by atoms with E-state index in [0.29, 0.717) is 29.3 Å². The first-order chi connectivity index (χ1) is 14.2. The third kappa shape index (κ3) is 5.58. The first-order valence-corrected chi connectivity index (χ1v) is 11.2. The number of nitrogens with zero attached hydrogens (tertiary/aromatic N) is 3. The zero-order chi connectivity index (χ0) is 20.1. The van der Waals surface area contributed by atoms with E-state index in [1.807, 2.05) is 24.3 Å². The Balaban J connectivity index is 1.31. The van der Waals surface area contributed by atoms with Crippen molar-refractivity contribution in [2.45, 2.75) is 64.0 Å². The van der Waals surface area contributed by atoms with Crippen LogP contribution in [0, 0.1) is 5.92 Å². The molecular weight excluding hydrogens is 388 g/mol. The fraction of sp³-hybridized carbons (Fsp3) is 0.591. The summed E-state index contributed by atoms with van der Waals surface area (Å²) in [5.74, 6) is 1.41. The first kappa shape index (κ1) is 20.4. The molecule has 0 bridgehead atoms. The number of halogens is 1. The number of carbonyl (C=O) groups excluding carboxylic acids is 1. The Kier molecular flexibility index (Phi) is 6.82. The van der Waals surface area contributed by atoms with Crippen molar-refractivity contribution in [1.82, 2.24) is 20.4 Å². The summed E-state index contributed by atoms with van der Waals surface area (Å²) in [5.41, 5.74) is 0.878. The lowest BCUT2D eigenvalue weighted by atomic mass is 9.96. The van der Waals surface area contributed by atoms with Crippen LogP contribution in [0.25, 0.3) is 11.4 Å². The molecule has 2 heterocycles. The molecule has 1 aliphatic carbocycles. The molecule has 0 spiro atoms. The smallest absolute Gasteiger partial charge is 0.241 e. The third-order valence-electron chi connectivity index (χ3n) is 6.01. The Morgan fingerprint density at radius 2 is 1.86 bits per heavy atom. The van der Waals surface area contributed by atoms with Crippen LogP contribution in [0.15, 0.2) is 28.8 Å². The standard InChI is InChI=1S/C22H29ClN4O2/c23-18-11-9-16(10-12-18)21-25-20(29-26-21)15-27-13-5-6-17(14-27)22(28)24-19-7-3-1-2-4-8-19/h9-12,17,19H,1-8,13-15H2,(H,24,28). The average molecular weight is 417 g/mol. The lowest BCUT2D eigenvalue weighted by Gasteiger charge is -2.31. The summed E-state index contributed by atoms with van der Waals surface area (Å²) < 4.78 is 5.45. The molecule has 0 radical (unpaired) electrons. The van der Waals surface area contributed by atoms with Crippen LogP contribution in [0.1, 0.15) is 57.3 Å². The van der Waals surface area contributed by atoms with Gasteiger partial charge in [0, 0.05) is 23.2 Å². The molecule has 7 heteroatoms. The normalized spacial score (nSPS) is 21.6. The van der Waals surface area contributed by atoms with E-state index in [1.54, 1.807) is 0 Å². The van der Waals surface area contributed by atoms with Crippen LogP contribution in [0.5, 0.6) is 0 Å². The van der Waals surface area contributed by atoms with Gasteiger partial charge in [0.2, 0.25) is 17.6 Å². The lowest BCUT2D eigenvalue weighted by Crippen LogP contribution is -2.45. The van der Waals surface area contributed by atoms with Crippen molar-refractivity contribution in [2.75, 3.05) is 13.1 Å². The fourth-order valence-electron chi connectivity index (χ4n) is 4.38. The Labute approximate surface area is 177 Å². The second-order valence-electron chi connectivity index (χ2n) is 8.29. The highest BCUT2D eigenvalue weighted by Gasteiger charge is 2.28. The van der Waals surface area contributed by atoms with Crippen LogP contribution < -0.4 is 5.32 Å². The maximum atomic E-state index is 12.8. The first-order valence-electron chi connectivity index (χ1n) is 10.8. The molecule has 1 saturated carbocycles. The molecule has 4 rings (SSSR count). The van der Waals surface area contributed by atoms with E-state index in [0.717, 1.165) is 44.3 Å². The highest BCUT2D eigenvalue weighted by molar-refractivity contribution is 6.30. The second kappa shape index (κ2) is 9.72. The molecule has 1 aromatic carbocycles. The van der Waals surface area contributed by atoms with Crippen molar-refractivity contribution < 1.29 is 9.32 Å². The molecule has 1 saturated heterocycles. The summed E-state index contributed by atoms with van der Waals surface area (Å²) in [4.78, 5) is 19.6. The SMILES string of the molecule is O=C(NC1CCCCCC1)C1CCCN(Cc2nc(-c3ccc(Cl)cc3)no2)C1. The van der Waals surface area contributed by atoms with Crippen molar-refractivity contribution in [3.8, 4) is 11.4 Å². The number of aromatic nitrogens is 2. The number of rotatable bonds is 5. The number of carbonyl (C=O) groups is 1. The monoisotopic (exact) mass is 416 g/mol. The molecule has 2 aliphatic rings. The summed E-state index contributed by atoms with van der Waals surface area (Å²) >= 11 is 5.94. The molecule has 1 aliphatic heterocycles. The highest BCUT2D eigenvalue weighted by Crippen LogP contribution is 2.23. The number of likely N-dealkylation sites (tertiary alicyclic amines) is 1. The minimum absolute atomic E-state index is 0.0469. The van der Waals surface area contributed by atoms with E-state index < -0.39 is 0 Å². The molecule has 156 valence electrons. The average Bonchev–Trinajstić information content (AvgIpc) is 3.04. The number of benzene rings is 1. The highest BCUT2D eigenvalue weighted by atomic mass is 35.5. The molecular formula is C22H29ClN4O2. The summed E-state index contributed by atoms with van der Waals surface area (Å²) in [7, 11) is 0. The summed E-state index contributed by atoms with van der Waals surface area (Å²) in [5, 5.41) is 8.08. The van der Waals surface area contributed by atoms with Crippen LogP contribution in [0.2, 0.25) is 5.02 Å². The predicted octanol–water partition coefficient (Wildman–Crippen LogP) is 4.44. The van der Waals surface area contributed by atoms with Crippen molar-refractivity contribution >= 4 is 17.5 Å². The van der Waals surface area contributed by atoms with Crippen LogP contribution in [-0.4, -0.2) is 40.1 Å². The maximum absolute atomic E-state index is 12.8. The van der Waals surface area contributed by atoms with Gasteiger partial charge in [0.1, 0.15) is 0 Å². The van der Waals surface area contributed by atoms with Crippen molar-refractivity contribution in [2.24, 2.45) is 5.92 Å². The quantitative estimate of drug-likeness (QED) is 0.729. The summed E-state index contributed by atoms with van der Waals surface area (Å²) in [6, 6.07) is 7.75. The topological polar surface area (TPSA) is 71.3 Å². The molecule has 1 aromatic heterocycles. The predicted molar refractivity (Wildman–Crippen MR) is 112 cm³/mol. The molecule has 1 amide bonds. The Morgan fingerprint density at radius 1 is 1.10 bits per heavy atom. The van der Waals surface area contributed by atoms with Crippen LogP contribution in [0.3, 0.4) is 0 Å². The number of hydrogen-bond donors (Lipinski definition) is 1.